The highest BCUT2D eigenvalue weighted by Gasteiger charge is 2.25. The quantitative estimate of drug-likeness (QED) is 0.278. The molecule has 2 aromatic heterocycles. The van der Waals surface area contributed by atoms with Gasteiger partial charge in [-0.3, -0.25) is 14.5 Å². The van der Waals surface area contributed by atoms with E-state index in [2.05, 4.69) is 20.0 Å². The summed E-state index contributed by atoms with van der Waals surface area (Å²) in [7, 11) is -2.40. The zero-order chi connectivity index (χ0) is 26.0. The molecule has 0 aliphatic rings. The van der Waals surface area contributed by atoms with Crippen LogP contribution >= 0.6 is 11.3 Å². The van der Waals surface area contributed by atoms with E-state index in [1.54, 1.807) is 26.0 Å². The Labute approximate surface area is 210 Å². The summed E-state index contributed by atoms with van der Waals surface area (Å²) in [6.07, 6.45) is 2.99. The standard InChI is InChI=1S/C24H18F4N4O2S2/c1-12(2)23(33)31-24-30-21(22(35-24)13-7-9-29-10-8-13)19-16(27)5-6-17(20(19)28)32-36(34)18-11-14(25)3-4-15(18)26/h3-12,32H,1-2H3,(H,30,31,33). The van der Waals surface area contributed by atoms with E-state index in [-0.39, 0.29) is 22.7 Å². The fourth-order valence-electron chi connectivity index (χ4n) is 3.11. The SMILES string of the molecule is CC(C)C(=O)Nc1nc(-c2c(F)ccc(NS(=O)c3cc(F)ccc3F)c2F)c(-c2ccncc2)s1. The van der Waals surface area contributed by atoms with Gasteiger partial charge in [0.05, 0.1) is 26.7 Å². The molecular weight excluding hydrogens is 516 g/mol. The zero-order valence-electron chi connectivity index (χ0n) is 18.8. The van der Waals surface area contributed by atoms with E-state index in [0.717, 1.165) is 35.6 Å². The van der Waals surface area contributed by atoms with Gasteiger partial charge in [-0.25, -0.2) is 26.8 Å². The number of pyridine rings is 1. The second-order valence-electron chi connectivity index (χ2n) is 7.81. The summed E-state index contributed by atoms with van der Waals surface area (Å²) < 4.78 is 73.1. The number of rotatable bonds is 7. The zero-order valence-corrected chi connectivity index (χ0v) is 20.4. The van der Waals surface area contributed by atoms with Gasteiger partial charge in [-0.1, -0.05) is 25.2 Å². The van der Waals surface area contributed by atoms with Gasteiger partial charge in [0.1, 0.15) is 17.5 Å². The number of anilines is 2. The van der Waals surface area contributed by atoms with Crippen LogP contribution in [0.15, 0.2) is 59.8 Å². The van der Waals surface area contributed by atoms with Crippen LogP contribution in [0, 0.1) is 29.2 Å². The third-order valence-electron chi connectivity index (χ3n) is 4.95. The van der Waals surface area contributed by atoms with Crippen LogP contribution in [0.25, 0.3) is 21.7 Å². The molecule has 0 radical (unpaired) electrons. The summed E-state index contributed by atoms with van der Waals surface area (Å²) in [5.74, 6) is -4.61. The molecule has 0 aliphatic carbocycles. The minimum atomic E-state index is -2.40. The summed E-state index contributed by atoms with van der Waals surface area (Å²) in [5, 5.41) is 2.75. The van der Waals surface area contributed by atoms with E-state index >= 15 is 8.78 Å². The van der Waals surface area contributed by atoms with Crippen molar-refractivity contribution in [1.82, 2.24) is 9.97 Å². The van der Waals surface area contributed by atoms with Crippen molar-refractivity contribution in [2.75, 3.05) is 10.0 Å². The molecule has 4 rings (SSSR count). The Bertz CT molecular complexity index is 1460. The van der Waals surface area contributed by atoms with Crippen molar-refractivity contribution in [3.05, 3.63) is 78.1 Å². The van der Waals surface area contributed by atoms with Gasteiger partial charge in [0.2, 0.25) is 5.91 Å². The topological polar surface area (TPSA) is 84.0 Å². The first-order valence-electron chi connectivity index (χ1n) is 10.5. The predicted octanol–water partition coefficient (Wildman–Crippen LogP) is 6.16. The van der Waals surface area contributed by atoms with Crippen molar-refractivity contribution in [1.29, 1.82) is 0 Å². The van der Waals surface area contributed by atoms with Crippen LogP contribution in [-0.4, -0.2) is 20.1 Å². The van der Waals surface area contributed by atoms with Gasteiger partial charge in [-0.2, -0.15) is 0 Å². The number of halogens is 4. The third kappa shape index (κ3) is 5.29. The lowest BCUT2D eigenvalue weighted by atomic mass is 10.1. The summed E-state index contributed by atoms with van der Waals surface area (Å²) >= 11 is 1.01. The number of thiazole rings is 1. The molecule has 0 spiro atoms. The van der Waals surface area contributed by atoms with E-state index in [4.69, 9.17) is 0 Å². The largest absolute Gasteiger partial charge is 0.302 e. The van der Waals surface area contributed by atoms with E-state index in [1.165, 1.54) is 12.4 Å². The number of carbonyl (C=O) groups excluding carboxylic acids is 1. The van der Waals surface area contributed by atoms with Gasteiger partial charge in [0.15, 0.2) is 21.9 Å². The molecule has 0 saturated heterocycles. The first kappa shape index (κ1) is 25.5. The van der Waals surface area contributed by atoms with E-state index < -0.39 is 50.4 Å². The van der Waals surface area contributed by atoms with Crippen molar-refractivity contribution in [3.63, 3.8) is 0 Å². The number of nitrogens with one attached hydrogen (secondary N) is 2. The first-order chi connectivity index (χ1) is 17.2. The Kier molecular flexibility index (Phi) is 7.45. The van der Waals surface area contributed by atoms with Crippen LogP contribution < -0.4 is 10.0 Å². The molecule has 2 N–H and O–H groups in total. The van der Waals surface area contributed by atoms with Crippen LogP contribution in [0.3, 0.4) is 0 Å². The Balaban J connectivity index is 1.80. The van der Waals surface area contributed by atoms with Gasteiger partial charge in [-0.15, -0.1) is 0 Å². The van der Waals surface area contributed by atoms with Crippen molar-refractivity contribution in [3.8, 4) is 21.7 Å². The second-order valence-corrected chi connectivity index (χ2v) is 9.99. The molecule has 1 amide bonds. The highest BCUT2D eigenvalue weighted by molar-refractivity contribution is 7.86. The number of hydrogen-bond donors (Lipinski definition) is 2. The van der Waals surface area contributed by atoms with Crippen molar-refractivity contribution in [2.45, 2.75) is 18.7 Å². The number of nitrogens with zero attached hydrogens (tertiary/aromatic N) is 2. The Hall–Kier alpha value is -3.64. The van der Waals surface area contributed by atoms with Gasteiger partial charge in [0.25, 0.3) is 0 Å². The van der Waals surface area contributed by atoms with Gasteiger partial charge >= 0.3 is 0 Å². The Morgan fingerprint density at radius 2 is 1.69 bits per heavy atom. The molecule has 0 bridgehead atoms. The van der Waals surface area contributed by atoms with Crippen LogP contribution in [-0.2, 0) is 15.8 Å². The highest BCUT2D eigenvalue weighted by atomic mass is 32.2. The van der Waals surface area contributed by atoms with Crippen molar-refractivity contribution >= 4 is 39.0 Å². The maximum absolute atomic E-state index is 15.6. The molecule has 2 heterocycles. The van der Waals surface area contributed by atoms with Gasteiger partial charge in [0, 0.05) is 18.3 Å². The lowest BCUT2D eigenvalue weighted by Gasteiger charge is -2.12. The molecule has 12 heteroatoms. The fourth-order valence-corrected chi connectivity index (χ4v) is 5.03. The first-order valence-corrected chi connectivity index (χ1v) is 12.5. The minimum absolute atomic E-state index is 0.105. The second kappa shape index (κ2) is 10.5. The van der Waals surface area contributed by atoms with E-state index in [0.29, 0.717) is 16.5 Å². The summed E-state index contributed by atoms with van der Waals surface area (Å²) in [6.45, 7) is 3.37. The fraction of sp³-hybridized carbons (Fsp3) is 0.125. The Morgan fingerprint density at radius 3 is 2.39 bits per heavy atom. The number of amides is 1. The smallest absolute Gasteiger partial charge is 0.228 e. The third-order valence-corrected chi connectivity index (χ3v) is 7.09. The molecule has 36 heavy (non-hydrogen) atoms. The predicted molar refractivity (Wildman–Crippen MR) is 131 cm³/mol. The van der Waals surface area contributed by atoms with Gasteiger partial charge in [-0.05, 0) is 48.0 Å². The van der Waals surface area contributed by atoms with Crippen LogP contribution in [0.4, 0.5) is 28.4 Å². The summed E-state index contributed by atoms with van der Waals surface area (Å²) in [4.78, 5) is 20.2. The maximum atomic E-state index is 15.6. The van der Waals surface area contributed by atoms with E-state index in [9.17, 15) is 17.8 Å². The summed E-state index contributed by atoms with van der Waals surface area (Å²) in [5.41, 5.74) is -0.531. The molecule has 1 atom stereocenters. The average Bonchev–Trinajstić information content (AvgIpc) is 3.26. The lowest BCUT2D eigenvalue weighted by Crippen LogP contribution is -2.17. The molecule has 0 fully saturated rings. The molecule has 6 nitrogen and oxygen atoms in total. The Morgan fingerprint density at radius 1 is 1.00 bits per heavy atom. The molecule has 1 unspecified atom stereocenters. The molecule has 0 aliphatic heterocycles. The van der Waals surface area contributed by atoms with Crippen LogP contribution in [0.5, 0.6) is 0 Å². The highest BCUT2D eigenvalue weighted by Crippen LogP contribution is 2.42. The van der Waals surface area contributed by atoms with Crippen molar-refractivity contribution < 1.29 is 26.6 Å². The number of hydrogen-bond acceptors (Lipinski definition) is 5. The molecule has 4 aromatic rings. The normalized spacial score (nSPS) is 12.0. The molecule has 2 aromatic carbocycles. The van der Waals surface area contributed by atoms with Gasteiger partial charge < -0.3 is 5.32 Å². The monoisotopic (exact) mass is 534 g/mol. The summed E-state index contributed by atoms with van der Waals surface area (Å²) in [6, 6.07) is 7.51. The minimum Gasteiger partial charge on any atom is -0.302 e. The molecule has 0 saturated carbocycles. The van der Waals surface area contributed by atoms with Crippen LogP contribution in [0.1, 0.15) is 13.8 Å². The number of aromatic nitrogens is 2. The maximum Gasteiger partial charge on any atom is 0.228 e. The number of carbonyl (C=O) groups is 1. The average molecular weight is 535 g/mol. The van der Waals surface area contributed by atoms with Crippen LogP contribution in [0.2, 0.25) is 0 Å². The van der Waals surface area contributed by atoms with Crippen molar-refractivity contribution in [2.24, 2.45) is 5.92 Å². The number of benzene rings is 2. The molecule has 186 valence electrons. The lowest BCUT2D eigenvalue weighted by molar-refractivity contribution is -0.118. The van der Waals surface area contributed by atoms with E-state index in [1.807, 2.05) is 0 Å². The molecular formula is C24H18F4N4O2S2.